The minimum atomic E-state index is -1.36. The highest BCUT2D eigenvalue weighted by molar-refractivity contribution is 6.06. The molecule has 31 heavy (non-hydrogen) atoms. The molecule has 0 saturated carbocycles. The molecule has 0 amide bonds. The van der Waals surface area contributed by atoms with Gasteiger partial charge < -0.3 is 18.9 Å². The zero-order valence-electron chi connectivity index (χ0n) is 18.4. The maximum atomic E-state index is 13.1. The Kier molecular flexibility index (Phi) is 6.83. The van der Waals surface area contributed by atoms with E-state index in [0.717, 1.165) is 5.56 Å². The van der Waals surface area contributed by atoms with Crippen molar-refractivity contribution < 1.29 is 33.3 Å². The zero-order valence-corrected chi connectivity index (χ0v) is 18.4. The van der Waals surface area contributed by atoms with E-state index < -0.39 is 18.0 Å². The van der Waals surface area contributed by atoms with E-state index in [2.05, 4.69) is 0 Å². The topological polar surface area (TPSA) is 88.1 Å². The van der Waals surface area contributed by atoms with Crippen molar-refractivity contribution in [3.63, 3.8) is 0 Å². The van der Waals surface area contributed by atoms with Crippen molar-refractivity contribution in [3.05, 3.63) is 58.6 Å². The summed E-state index contributed by atoms with van der Waals surface area (Å²) in [6, 6.07) is 9.35. The number of allylic oxidation sites excluding steroid dienone is 2. The molecule has 1 aliphatic heterocycles. The van der Waals surface area contributed by atoms with Gasteiger partial charge >= 0.3 is 11.9 Å². The van der Waals surface area contributed by atoms with Crippen molar-refractivity contribution >= 4 is 17.7 Å². The minimum absolute atomic E-state index is 0.0436. The first-order valence-corrected chi connectivity index (χ1v) is 10.5. The maximum Gasteiger partial charge on any atom is 0.352 e. The lowest BCUT2D eigenvalue weighted by Crippen LogP contribution is -2.41. The molecule has 1 aromatic carbocycles. The molecule has 1 atom stereocenters. The molecule has 0 N–H and O–H groups in total. The molecule has 7 heteroatoms. The summed E-state index contributed by atoms with van der Waals surface area (Å²) in [6.07, 6.45) is -0.656. The maximum absolute atomic E-state index is 13.1. The molecular formula is C24H28O7. The first-order valence-electron chi connectivity index (χ1n) is 10.5. The number of hydrogen-bond donors (Lipinski definition) is 0. The van der Waals surface area contributed by atoms with E-state index in [1.807, 2.05) is 44.2 Å². The number of hydrogen-bond acceptors (Lipinski definition) is 7. The highest BCUT2D eigenvalue weighted by Gasteiger charge is 2.47. The summed E-state index contributed by atoms with van der Waals surface area (Å²) in [4.78, 5) is 38.6. The summed E-state index contributed by atoms with van der Waals surface area (Å²) in [6.45, 7) is 7.55. The molecule has 7 nitrogen and oxygen atoms in total. The minimum Gasteiger partial charge on any atom is -0.487 e. The third-order valence-corrected chi connectivity index (χ3v) is 5.05. The highest BCUT2D eigenvalue weighted by atomic mass is 16.6. The number of esters is 2. The second-order valence-corrected chi connectivity index (χ2v) is 8.23. The van der Waals surface area contributed by atoms with Gasteiger partial charge in [0.25, 0.3) is 0 Å². The quantitative estimate of drug-likeness (QED) is 0.613. The number of rotatable bonds is 7. The van der Waals surface area contributed by atoms with Crippen LogP contribution in [0.15, 0.2) is 53.0 Å². The van der Waals surface area contributed by atoms with Crippen molar-refractivity contribution in [2.45, 2.75) is 53.2 Å². The number of carbonyl (C=O) groups excluding carboxylic acids is 3. The van der Waals surface area contributed by atoms with E-state index in [-0.39, 0.29) is 54.3 Å². The molecule has 0 spiro atoms. The lowest BCUT2D eigenvalue weighted by molar-refractivity contribution is -0.157. The van der Waals surface area contributed by atoms with E-state index in [1.165, 1.54) is 0 Å². The van der Waals surface area contributed by atoms with Crippen LogP contribution in [0.4, 0.5) is 0 Å². The normalized spacial score (nSPS) is 20.0. The molecule has 3 rings (SSSR count). The van der Waals surface area contributed by atoms with Crippen molar-refractivity contribution in [1.29, 1.82) is 0 Å². The summed E-state index contributed by atoms with van der Waals surface area (Å²) < 4.78 is 22.3. The van der Waals surface area contributed by atoms with Crippen LogP contribution in [0.25, 0.3) is 0 Å². The smallest absolute Gasteiger partial charge is 0.352 e. The predicted octanol–water partition coefficient (Wildman–Crippen LogP) is 3.63. The highest BCUT2D eigenvalue weighted by Crippen LogP contribution is 2.44. The average Bonchev–Trinajstić information content (AvgIpc) is 2.71. The van der Waals surface area contributed by atoms with Crippen LogP contribution in [-0.4, -0.2) is 37.0 Å². The molecule has 0 saturated heterocycles. The second kappa shape index (κ2) is 9.37. The van der Waals surface area contributed by atoms with Gasteiger partial charge in [0.1, 0.15) is 23.7 Å². The summed E-state index contributed by atoms with van der Waals surface area (Å²) in [5.74, 6) is -1.31. The fraction of sp³-hybridized carbons (Fsp3) is 0.458. The van der Waals surface area contributed by atoms with Gasteiger partial charge in [0.2, 0.25) is 6.10 Å². The van der Waals surface area contributed by atoms with Crippen molar-refractivity contribution in [2.24, 2.45) is 5.41 Å². The Morgan fingerprint density at radius 2 is 1.74 bits per heavy atom. The largest absolute Gasteiger partial charge is 0.487 e. The first kappa shape index (κ1) is 22.6. The lowest BCUT2D eigenvalue weighted by Gasteiger charge is -2.37. The van der Waals surface area contributed by atoms with Crippen LogP contribution < -0.4 is 0 Å². The van der Waals surface area contributed by atoms with Crippen LogP contribution in [0, 0.1) is 5.41 Å². The predicted molar refractivity (Wildman–Crippen MR) is 111 cm³/mol. The van der Waals surface area contributed by atoms with Gasteiger partial charge in [-0.3, -0.25) is 4.79 Å². The van der Waals surface area contributed by atoms with E-state index in [1.54, 1.807) is 13.8 Å². The third-order valence-electron chi connectivity index (χ3n) is 5.05. The fourth-order valence-corrected chi connectivity index (χ4v) is 3.74. The van der Waals surface area contributed by atoms with Crippen LogP contribution in [0.5, 0.6) is 0 Å². The number of ether oxygens (including phenoxy) is 4. The van der Waals surface area contributed by atoms with E-state index in [4.69, 9.17) is 18.9 Å². The van der Waals surface area contributed by atoms with Gasteiger partial charge in [-0.05, 0) is 24.8 Å². The number of carbonyl (C=O) groups is 3. The Morgan fingerprint density at radius 3 is 2.39 bits per heavy atom. The number of ketones is 1. The van der Waals surface area contributed by atoms with Gasteiger partial charge in [0.05, 0.1) is 18.8 Å². The third kappa shape index (κ3) is 4.98. The SMILES string of the molecule is CCOC(=O)C1=C(OCc2ccccc2)C2=C(CC(C)(C)CC2=O)OC1C(=O)OCC. The molecule has 1 aromatic rings. The van der Waals surface area contributed by atoms with Crippen LogP contribution in [0.3, 0.4) is 0 Å². The Bertz CT molecular complexity index is 925. The van der Waals surface area contributed by atoms with E-state index >= 15 is 0 Å². The lowest BCUT2D eigenvalue weighted by atomic mass is 9.75. The fourth-order valence-electron chi connectivity index (χ4n) is 3.74. The molecular weight excluding hydrogens is 400 g/mol. The monoisotopic (exact) mass is 428 g/mol. The van der Waals surface area contributed by atoms with E-state index in [9.17, 15) is 14.4 Å². The summed E-state index contributed by atoms with van der Waals surface area (Å²) in [5.41, 5.74) is 0.575. The molecule has 166 valence electrons. The average molecular weight is 428 g/mol. The zero-order chi connectivity index (χ0) is 22.6. The van der Waals surface area contributed by atoms with E-state index in [0.29, 0.717) is 12.2 Å². The van der Waals surface area contributed by atoms with Gasteiger partial charge in [-0.25, -0.2) is 9.59 Å². The Balaban J connectivity index is 2.12. The summed E-state index contributed by atoms with van der Waals surface area (Å²) >= 11 is 0. The molecule has 0 bridgehead atoms. The molecule has 1 aliphatic carbocycles. The number of benzene rings is 1. The molecule has 1 unspecified atom stereocenters. The van der Waals surface area contributed by atoms with Gasteiger partial charge in [0.15, 0.2) is 5.78 Å². The second-order valence-electron chi connectivity index (χ2n) is 8.23. The molecule has 0 aromatic heterocycles. The molecule has 0 radical (unpaired) electrons. The first-order chi connectivity index (χ1) is 14.8. The number of Topliss-reactive ketones (excluding diaryl/α,β-unsaturated/α-hetero) is 1. The molecule has 2 aliphatic rings. The van der Waals surface area contributed by atoms with Crippen molar-refractivity contribution in [2.75, 3.05) is 13.2 Å². The molecule has 1 heterocycles. The van der Waals surface area contributed by atoms with Gasteiger partial charge in [-0.1, -0.05) is 44.2 Å². The van der Waals surface area contributed by atoms with Gasteiger partial charge in [0, 0.05) is 12.8 Å². The Morgan fingerprint density at radius 1 is 1.06 bits per heavy atom. The van der Waals surface area contributed by atoms with Crippen molar-refractivity contribution in [1.82, 2.24) is 0 Å². The summed E-state index contributed by atoms with van der Waals surface area (Å²) in [5, 5.41) is 0. The molecule has 0 fully saturated rings. The van der Waals surface area contributed by atoms with Crippen molar-refractivity contribution in [3.8, 4) is 0 Å². The van der Waals surface area contributed by atoms with Crippen LogP contribution in [-0.2, 0) is 39.9 Å². The Hall–Kier alpha value is -3.09. The van der Waals surface area contributed by atoms with Crippen LogP contribution in [0.1, 0.15) is 46.1 Å². The van der Waals surface area contributed by atoms with Crippen LogP contribution in [0.2, 0.25) is 0 Å². The van der Waals surface area contributed by atoms with Gasteiger partial charge in [-0.2, -0.15) is 0 Å². The van der Waals surface area contributed by atoms with Crippen LogP contribution >= 0.6 is 0 Å². The Labute approximate surface area is 182 Å². The van der Waals surface area contributed by atoms with Gasteiger partial charge in [-0.15, -0.1) is 0 Å². The standard InChI is InChI=1S/C24H28O7/c1-5-28-22(26)19-20(30-14-15-10-8-7-9-11-15)18-16(25)12-24(3,4)13-17(18)31-21(19)23(27)29-6-2/h7-11,21H,5-6,12-14H2,1-4H3. The summed E-state index contributed by atoms with van der Waals surface area (Å²) in [7, 11) is 0.